The summed E-state index contributed by atoms with van der Waals surface area (Å²) >= 11 is 1.75. The van der Waals surface area contributed by atoms with Crippen molar-refractivity contribution < 1.29 is 0 Å². The number of anilines is 1. The molecule has 0 fully saturated rings. The van der Waals surface area contributed by atoms with Crippen LogP contribution in [0.3, 0.4) is 0 Å². The summed E-state index contributed by atoms with van der Waals surface area (Å²) in [5.74, 6) is 0. The van der Waals surface area contributed by atoms with Crippen molar-refractivity contribution in [1.29, 1.82) is 0 Å². The van der Waals surface area contributed by atoms with Crippen molar-refractivity contribution in [2.75, 3.05) is 5.32 Å². The molecule has 20 heavy (non-hydrogen) atoms. The van der Waals surface area contributed by atoms with E-state index in [0.717, 1.165) is 18.7 Å². The quantitative estimate of drug-likeness (QED) is 0.863. The second kappa shape index (κ2) is 5.96. The van der Waals surface area contributed by atoms with Crippen molar-refractivity contribution in [3.8, 4) is 0 Å². The predicted octanol–water partition coefficient (Wildman–Crippen LogP) is 4.92. The van der Waals surface area contributed by atoms with Crippen LogP contribution in [-0.4, -0.2) is 4.98 Å². The van der Waals surface area contributed by atoms with Crippen LogP contribution in [0.2, 0.25) is 0 Å². The van der Waals surface area contributed by atoms with E-state index in [1.807, 2.05) is 0 Å². The van der Waals surface area contributed by atoms with Gasteiger partial charge in [0, 0.05) is 16.5 Å². The largest absolute Gasteiger partial charge is 0.379 e. The van der Waals surface area contributed by atoms with Gasteiger partial charge >= 0.3 is 0 Å². The molecule has 3 heteroatoms. The highest BCUT2D eigenvalue weighted by Crippen LogP contribution is 2.26. The van der Waals surface area contributed by atoms with Crippen LogP contribution in [0.1, 0.15) is 49.5 Å². The van der Waals surface area contributed by atoms with E-state index in [1.165, 1.54) is 21.8 Å². The zero-order valence-electron chi connectivity index (χ0n) is 13.1. The highest BCUT2D eigenvalue weighted by molar-refractivity contribution is 7.09. The Morgan fingerprint density at radius 1 is 1.25 bits per heavy atom. The van der Waals surface area contributed by atoms with E-state index in [0.29, 0.717) is 0 Å². The second-order valence-corrected chi connectivity index (χ2v) is 7.07. The molecule has 2 rings (SSSR count). The molecule has 0 aliphatic carbocycles. The van der Waals surface area contributed by atoms with Gasteiger partial charge in [-0.2, -0.15) is 0 Å². The van der Waals surface area contributed by atoms with E-state index in [4.69, 9.17) is 4.98 Å². The molecule has 2 aromatic rings. The zero-order valence-corrected chi connectivity index (χ0v) is 13.9. The van der Waals surface area contributed by atoms with Crippen molar-refractivity contribution >= 4 is 17.0 Å². The normalized spacial score (nSPS) is 11.7. The minimum atomic E-state index is 0.139. The molecule has 0 aliphatic rings. The van der Waals surface area contributed by atoms with Crippen LogP contribution >= 0.6 is 11.3 Å². The molecule has 0 atom stereocenters. The highest BCUT2D eigenvalue weighted by Gasteiger charge is 2.17. The minimum Gasteiger partial charge on any atom is -0.379 e. The standard InChI is InChI=1S/C17H24N2S/c1-6-13-9-7-8-12(2)15(13)18-10-14-11-20-16(19-14)17(3,4)5/h7-9,11,18H,6,10H2,1-5H3. The number of aromatic nitrogens is 1. The van der Waals surface area contributed by atoms with Gasteiger partial charge in [0.05, 0.1) is 17.2 Å². The number of nitrogens with zero attached hydrogens (tertiary/aromatic N) is 1. The summed E-state index contributed by atoms with van der Waals surface area (Å²) in [6.45, 7) is 11.8. The van der Waals surface area contributed by atoms with E-state index >= 15 is 0 Å². The lowest BCUT2D eigenvalue weighted by Gasteiger charge is -2.14. The first-order chi connectivity index (χ1) is 9.41. The molecule has 0 aliphatic heterocycles. The molecule has 1 heterocycles. The number of thiazole rings is 1. The third-order valence-corrected chi connectivity index (χ3v) is 4.70. The van der Waals surface area contributed by atoms with Gasteiger partial charge in [0.1, 0.15) is 0 Å². The zero-order chi connectivity index (χ0) is 14.8. The monoisotopic (exact) mass is 288 g/mol. The molecule has 0 bridgehead atoms. The van der Waals surface area contributed by atoms with Gasteiger partial charge in [0.2, 0.25) is 0 Å². The van der Waals surface area contributed by atoms with Gasteiger partial charge in [-0.1, -0.05) is 45.9 Å². The number of hydrogen-bond acceptors (Lipinski definition) is 3. The molecule has 1 aromatic carbocycles. The van der Waals surface area contributed by atoms with E-state index < -0.39 is 0 Å². The Labute approximate surface area is 126 Å². The SMILES string of the molecule is CCc1cccc(C)c1NCc1csc(C(C)(C)C)n1. The maximum Gasteiger partial charge on any atom is 0.0982 e. The van der Waals surface area contributed by atoms with Crippen LogP contribution in [0.5, 0.6) is 0 Å². The fraction of sp³-hybridized carbons (Fsp3) is 0.471. The molecule has 0 amide bonds. The highest BCUT2D eigenvalue weighted by atomic mass is 32.1. The van der Waals surface area contributed by atoms with Crippen LogP contribution in [0.4, 0.5) is 5.69 Å². The molecular formula is C17H24N2S. The lowest BCUT2D eigenvalue weighted by molar-refractivity contribution is 0.583. The van der Waals surface area contributed by atoms with E-state index in [-0.39, 0.29) is 5.41 Å². The van der Waals surface area contributed by atoms with Gasteiger partial charge < -0.3 is 5.32 Å². The van der Waals surface area contributed by atoms with Crippen molar-refractivity contribution in [3.05, 3.63) is 45.4 Å². The maximum absolute atomic E-state index is 4.74. The number of rotatable bonds is 4. The topological polar surface area (TPSA) is 24.9 Å². The van der Waals surface area contributed by atoms with Gasteiger partial charge in [-0.25, -0.2) is 4.98 Å². The van der Waals surface area contributed by atoms with Crippen LogP contribution in [0.15, 0.2) is 23.6 Å². The van der Waals surface area contributed by atoms with Gasteiger partial charge in [-0.3, -0.25) is 0 Å². The summed E-state index contributed by atoms with van der Waals surface area (Å²) in [6.07, 6.45) is 1.05. The van der Waals surface area contributed by atoms with Gasteiger partial charge in [-0.15, -0.1) is 11.3 Å². The molecule has 0 saturated heterocycles. The summed E-state index contributed by atoms with van der Waals surface area (Å²) in [6, 6.07) is 6.47. The first kappa shape index (κ1) is 15.0. The molecule has 0 radical (unpaired) electrons. The summed E-state index contributed by atoms with van der Waals surface area (Å²) in [5.41, 5.74) is 5.21. The average Bonchev–Trinajstić information content (AvgIpc) is 2.85. The average molecular weight is 288 g/mol. The Morgan fingerprint density at radius 3 is 2.60 bits per heavy atom. The minimum absolute atomic E-state index is 0.139. The number of aryl methyl sites for hydroxylation is 2. The Morgan fingerprint density at radius 2 is 2.00 bits per heavy atom. The first-order valence-corrected chi connectivity index (χ1v) is 8.07. The third-order valence-electron chi connectivity index (χ3n) is 3.38. The summed E-state index contributed by atoms with van der Waals surface area (Å²) in [5, 5.41) is 6.93. The Bertz CT molecular complexity index is 579. The van der Waals surface area contributed by atoms with Crippen molar-refractivity contribution in [2.24, 2.45) is 0 Å². The van der Waals surface area contributed by atoms with E-state index in [2.05, 4.69) is 63.5 Å². The first-order valence-electron chi connectivity index (χ1n) is 7.19. The van der Waals surface area contributed by atoms with Crippen molar-refractivity contribution in [3.63, 3.8) is 0 Å². The summed E-state index contributed by atoms with van der Waals surface area (Å²) < 4.78 is 0. The second-order valence-electron chi connectivity index (χ2n) is 6.21. The van der Waals surface area contributed by atoms with Gasteiger partial charge in [-0.05, 0) is 24.5 Å². The molecule has 2 nitrogen and oxygen atoms in total. The Hall–Kier alpha value is -1.35. The molecule has 0 saturated carbocycles. The summed E-state index contributed by atoms with van der Waals surface area (Å²) in [7, 11) is 0. The Kier molecular flexibility index (Phi) is 4.48. The predicted molar refractivity (Wildman–Crippen MR) is 88.7 cm³/mol. The fourth-order valence-electron chi connectivity index (χ4n) is 2.19. The number of nitrogens with one attached hydrogen (secondary N) is 1. The smallest absolute Gasteiger partial charge is 0.0982 e. The fourth-order valence-corrected chi connectivity index (χ4v) is 3.09. The lowest BCUT2D eigenvalue weighted by Crippen LogP contribution is -2.11. The van der Waals surface area contributed by atoms with Crippen LogP contribution in [0.25, 0.3) is 0 Å². The molecule has 1 N–H and O–H groups in total. The maximum atomic E-state index is 4.74. The third kappa shape index (κ3) is 3.40. The van der Waals surface area contributed by atoms with Gasteiger partial charge in [0.15, 0.2) is 0 Å². The molecule has 1 aromatic heterocycles. The molecular weight excluding hydrogens is 264 g/mol. The number of hydrogen-bond donors (Lipinski definition) is 1. The molecule has 0 spiro atoms. The van der Waals surface area contributed by atoms with Crippen molar-refractivity contribution in [2.45, 2.75) is 53.0 Å². The van der Waals surface area contributed by atoms with Crippen LogP contribution in [-0.2, 0) is 18.4 Å². The number of benzene rings is 1. The molecule has 0 unspecified atom stereocenters. The summed E-state index contributed by atoms with van der Waals surface area (Å²) in [4.78, 5) is 4.74. The Balaban J connectivity index is 2.11. The van der Waals surface area contributed by atoms with E-state index in [9.17, 15) is 0 Å². The van der Waals surface area contributed by atoms with Crippen LogP contribution in [0, 0.1) is 6.92 Å². The van der Waals surface area contributed by atoms with Crippen molar-refractivity contribution in [1.82, 2.24) is 4.98 Å². The van der Waals surface area contributed by atoms with E-state index in [1.54, 1.807) is 11.3 Å². The number of para-hydroxylation sites is 1. The van der Waals surface area contributed by atoms with Gasteiger partial charge in [0.25, 0.3) is 0 Å². The van der Waals surface area contributed by atoms with Crippen LogP contribution < -0.4 is 5.32 Å². The molecule has 108 valence electrons. The lowest BCUT2D eigenvalue weighted by atomic mass is 9.98.